The van der Waals surface area contributed by atoms with Gasteiger partial charge < -0.3 is 5.32 Å². The lowest BCUT2D eigenvalue weighted by Crippen LogP contribution is -2.30. The Morgan fingerprint density at radius 1 is 1.11 bits per heavy atom. The van der Waals surface area contributed by atoms with Crippen molar-refractivity contribution in [2.45, 2.75) is 69.9 Å². The maximum Gasteiger partial charge on any atom is 0.0640 e. The van der Waals surface area contributed by atoms with Crippen molar-refractivity contribution in [2.75, 3.05) is 6.54 Å². The monoisotopic (exact) mass is 247 g/mol. The number of nitrogens with zero attached hydrogens (tertiary/aromatic N) is 2. The number of rotatable bonds is 3. The number of nitrogens with one attached hydrogen (secondary N) is 1. The minimum absolute atomic E-state index is 0.652. The third-order valence-corrected chi connectivity index (χ3v) is 4.48. The quantitative estimate of drug-likeness (QED) is 0.889. The predicted octanol–water partition coefficient (Wildman–Crippen LogP) is 3.07. The first-order valence-electron chi connectivity index (χ1n) is 7.69. The largest absolute Gasteiger partial charge is 0.314 e. The molecule has 0 spiro atoms. The van der Waals surface area contributed by atoms with Crippen LogP contribution in [0.2, 0.25) is 0 Å². The van der Waals surface area contributed by atoms with E-state index < -0.39 is 0 Å². The fourth-order valence-corrected chi connectivity index (χ4v) is 3.39. The molecule has 0 bridgehead atoms. The van der Waals surface area contributed by atoms with Gasteiger partial charge in [0.15, 0.2) is 0 Å². The fourth-order valence-electron chi connectivity index (χ4n) is 3.39. The third-order valence-electron chi connectivity index (χ3n) is 4.48. The molecule has 1 unspecified atom stereocenters. The Morgan fingerprint density at radius 3 is 2.83 bits per heavy atom. The van der Waals surface area contributed by atoms with Gasteiger partial charge >= 0.3 is 0 Å². The highest BCUT2D eigenvalue weighted by atomic mass is 15.3. The van der Waals surface area contributed by atoms with Gasteiger partial charge in [0.2, 0.25) is 0 Å². The summed E-state index contributed by atoms with van der Waals surface area (Å²) < 4.78 is 2.22. The summed E-state index contributed by atoms with van der Waals surface area (Å²) in [5.74, 6) is 0. The lowest BCUT2D eigenvalue weighted by molar-refractivity contribution is 0.453. The maximum atomic E-state index is 4.79. The smallest absolute Gasteiger partial charge is 0.0640 e. The molecule has 18 heavy (non-hydrogen) atoms. The van der Waals surface area contributed by atoms with Crippen molar-refractivity contribution >= 4 is 0 Å². The van der Waals surface area contributed by atoms with Gasteiger partial charge in [-0.05, 0) is 38.3 Å². The van der Waals surface area contributed by atoms with Gasteiger partial charge in [0.05, 0.1) is 11.7 Å². The lowest BCUT2D eigenvalue weighted by atomic mass is 10.1. The summed E-state index contributed by atoms with van der Waals surface area (Å²) >= 11 is 0. The average molecular weight is 247 g/mol. The second-order valence-electron chi connectivity index (χ2n) is 5.93. The van der Waals surface area contributed by atoms with Crippen LogP contribution in [-0.2, 0) is 6.42 Å². The molecule has 0 radical (unpaired) electrons. The summed E-state index contributed by atoms with van der Waals surface area (Å²) in [4.78, 5) is 0. The van der Waals surface area contributed by atoms with Crippen molar-refractivity contribution in [1.82, 2.24) is 15.1 Å². The van der Waals surface area contributed by atoms with Crippen LogP contribution in [0.4, 0.5) is 0 Å². The molecule has 1 aliphatic heterocycles. The molecule has 1 aromatic heterocycles. The van der Waals surface area contributed by atoms with Crippen molar-refractivity contribution in [3.05, 3.63) is 18.0 Å². The molecule has 0 amide bonds. The highest BCUT2D eigenvalue weighted by molar-refractivity contribution is 5.03. The van der Waals surface area contributed by atoms with Crippen LogP contribution >= 0.6 is 0 Å². The highest BCUT2D eigenvalue weighted by Crippen LogP contribution is 2.28. The van der Waals surface area contributed by atoms with Crippen LogP contribution in [0.15, 0.2) is 12.3 Å². The summed E-state index contributed by atoms with van der Waals surface area (Å²) in [6.07, 6.45) is 14.1. The molecule has 1 atom stereocenters. The molecule has 3 heteroatoms. The standard InChI is InChI=1S/C15H25N3/c1-2-6-13(16-10-5-1)12-14-9-11-18(17-14)15-7-3-4-8-15/h9,11,13,15-16H,1-8,10,12H2. The van der Waals surface area contributed by atoms with Gasteiger partial charge in [-0.25, -0.2) is 0 Å². The summed E-state index contributed by atoms with van der Waals surface area (Å²) in [6.45, 7) is 1.19. The van der Waals surface area contributed by atoms with Crippen molar-refractivity contribution in [3.63, 3.8) is 0 Å². The van der Waals surface area contributed by atoms with E-state index in [9.17, 15) is 0 Å². The first-order chi connectivity index (χ1) is 8.92. The van der Waals surface area contributed by atoms with Crippen molar-refractivity contribution in [3.8, 4) is 0 Å². The van der Waals surface area contributed by atoms with Gasteiger partial charge in [0.1, 0.15) is 0 Å². The normalized spacial score (nSPS) is 26.3. The number of hydrogen-bond acceptors (Lipinski definition) is 2. The van der Waals surface area contributed by atoms with Gasteiger partial charge in [-0.2, -0.15) is 5.10 Å². The lowest BCUT2D eigenvalue weighted by Gasteiger charge is -2.14. The molecular formula is C15H25N3. The Kier molecular flexibility index (Phi) is 3.99. The third kappa shape index (κ3) is 2.94. The zero-order valence-electron chi connectivity index (χ0n) is 11.3. The summed E-state index contributed by atoms with van der Waals surface area (Å²) in [5.41, 5.74) is 1.28. The Balaban J connectivity index is 1.58. The van der Waals surface area contributed by atoms with Crippen LogP contribution in [0.3, 0.4) is 0 Å². The van der Waals surface area contributed by atoms with Crippen molar-refractivity contribution in [2.24, 2.45) is 0 Å². The molecule has 1 aliphatic carbocycles. The van der Waals surface area contributed by atoms with E-state index in [4.69, 9.17) is 5.10 Å². The van der Waals surface area contributed by atoms with Gasteiger partial charge in [-0.3, -0.25) is 4.68 Å². The van der Waals surface area contributed by atoms with E-state index in [1.807, 2.05) is 0 Å². The highest BCUT2D eigenvalue weighted by Gasteiger charge is 2.18. The maximum absolute atomic E-state index is 4.79. The van der Waals surface area contributed by atoms with Crippen LogP contribution in [-0.4, -0.2) is 22.4 Å². The van der Waals surface area contributed by atoms with Crippen LogP contribution in [0.1, 0.15) is 63.1 Å². The Labute approximate surface area is 110 Å². The van der Waals surface area contributed by atoms with Crippen molar-refractivity contribution < 1.29 is 0 Å². The molecular weight excluding hydrogens is 222 g/mol. The zero-order valence-corrected chi connectivity index (χ0v) is 11.3. The molecule has 3 nitrogen and oxygen atoms in total. The van der Waals surface area contributed by atoms with Gasteiger partial charge in [-0.15, -0.1) is 0 Å². The SMILES string of the molecule is c1cn(C2CCCC2)nc1CC1CCCCCN1. The summed E-state index contributed by atoms with van der Waals surface area (Å²) in [6, 6.07) is 3.56. The molecule has 2 fully saturated rings. The summed E-state index contributed by atoms with van der Waals surface area (Å²) in [7, 11) is 0. The van der Waals surface area contributed by atoms with Crippen molar-refractivity contribution in [1.29, 1.82) is 0 Å². The molecule has 1 saturated heterocycles. The molecule has 1 aromatic rings. The zero-order chi connectivity index (χ0) is 12.2. The number of hydrogen-bond donors (Lipinski definition) is 1. The van der Waals surface area contributed by atoms with Gasteiger partial charge in [-0.1, -0.05) is 25.7 Å². The predicted molar refractivity (Wildman–Crippen MR) is 73.7 cm³/mol. The molecule has 1 N–H and O–H groups in total. The minimum atomic E-state index is 0.652. The fraction of sp³-hybridized carbons (Fsp3) is 0.800. The van der Waals surface area contributed by atoms with Crippen LogP contribution in [0, 0.1) is 0 Å². The van der Waals surface area contributed by atoms with E-state index in [2.05, 4.69) is 22.3 Å². The van der Waals surface area contributed by atoms with E-state index in [0.29, 0.717) is 12.1 Å². The molecule has 0 aromatic carbocycles. The first-order valence-corrected chi connectivity index (χ1v) is 7.69. The molecule has 2 aliphatic rings. The molecule has 2 heterocycles. The Morgan fingerprint density at radius 2 is 1.94 bits per heavy atom. The van der Waals surface area contributed by atoms with Crippen LogP contribution in [0.25, 0.3) is 0 Å². The van der Waals surface area contributed by atoms with E-state index in [-0.39, 0.29) is 0 Å². The van der Waals surface area contributed by atoms with E-state index in [0.717, 1.165) is 6.42 Å². The van der Waals surface area contributed by atoms with E-state index in [1.165, 1.54) is 63.6 Å². The first kappa shape index (κ1) is 12.2. The molecule has 1 saturated carbocycles. The van der Waals surface area contributed by atoms with Gasteiger partial charge in [0, 0.05) is 18.7 Å². The van der Waals surface area contributed by atoms with Gasteiger partial charge in [0.25, 0.3) is 0 Å². The molecule has 3 rings (SSSR count). The Bertz CT molecular complexity index is 358. The van der Waals surface area contributed by atoms with Crippen LogP contribution in [0.5, 0.6) is 0 Å². The van der Waals surface area contributed by atoms with Crippen LogP contribution < -0.4 is 5.32 Å². The Hall–Kier alpha value is -0.830. The minimum Gasteiger partial charge on any atom is -0.314 e. The second-order valence-corrected chi connectivity index (χ2v) is 5.93. The van der Waals surface area contributed by atoms with E-state index >= 15 is 0 Å². The number of aromatic nitrogens is 2. The second kappa shape index (κ2) is 5.87. The average Bonchev–Trinajstić information content (AvgIpc) is 2.98. The summed E-state index contributed by atoms with van der Waals surface area (Å²) in [5, 5.41) is 8.45. The topological polar surface area (TPSA) is 29.9 Å². The molecule has 100 valence electrons. The van der Waals surface area contributed by atoms with E-state index in [1.54, 1.807) is 0 Å².